The highest BCUT2D eigenvalue weighted by atomic mass is 16.5. The monoisotopic (exact) mass is 353 g/mol. The van der Waals surface area contributed by atoms with Gasteiger partial charge < -0.3 is 24.2 Å². The lowest BCUT2D eigenvalue weighted by atomic mass is 10.2. The van der Waals surface area contributed by atoms with E-state index in [-0.39, 0.29) is 12.4 Å². The van der Waals surface area contributed by atoms with Gasteiger partial charge in [-0.1, -0.05) is 25.1 Å². The summed E-state index contributed by atoms with van der Waals surface area (Å²) in [5.74, 6) is -2.42. The Morgan fingerprint density at radius 1 is 1.16 bits per heavy atom. The van der Waals surface area contributed by atoms with Gasteiger partial charge in [0, 0.05) is 18.8 Å². The Labute approximate surface area is 148 Å². The first-order valence-electron chi connectivity index (χ1n) is 8.03. The van der Waals surface area contributed by atoms with E-state index in [9.17, 15) is 19.5 Å². The van der Waals surface area contributed by atoms with Gasteiger partial charge in [-0.25, -0.2) is 4.79 Å². The number of carbonyl (C=O) groups is 3. The molecular formula is C18H27NO6. The van der Waals surface area contributed by atoms with Crippen LogP contribution in [0, 0.1) is 0 Å². The molecule has 7 nitrogen and oxygen atoms in total. The van der Waals surface area contributed by atoms with Crippen molar-refractivity contribution in [2.24, 2.45) is 0 Å². The molecule has 1 atom stereocenters. The lowest BCUT2D eigenvalue weighted by molar-refractivity contribution is -0.873. The smallest absolute Gasteiger partial charge is 0.335 e. The fourth-order valence-corrected chi connectivity index (χ4v) is 1.97. The highest BCUT2D eigenvalue weighted by Gasteiger charge is 2.21. The molecule has 0 fully saturated rings. The first-order chi connectivity index (χ1) is 11.5. The maximum atomic E-state index is 11.3. The highest BCUT2D eigenvalue weighted by Crippen LogP contribution is 2.06. The van der Waals surface area contributed by atoms with E-state index in [1.807, 2.05) is 28.1 Å². The lowest BCUT2D eigenvalue weighted by Gasteiger charge is -2.29. The fourth-order valence-electron chi connectivity index (χ4n) is 1.97. The average Bonchev–Trinajstić information content (AvgIpc) is 2.46. The molecule has 1 rings (SSSR count). The summed E-state index contributed by atoms with van der Waals surface area (Å²) in [6.07, 6.45) is 0.163. The molecule has 1 aromatic rings. The minimum absolute atomic E-state index is 0.245. The fraction of sp³-hybridized carbons (Fsp3) is 0.500. The van der Waals surface area contributed by atoms with Crippen LogP contribution in [0.1, 0.15) is 36.5 Å². The molecule has 0 aliphatic rings. The normalized spacial score (nSPS) is 11.7. The van der Waals surface area contributed by atoms with Crippen molar-refractivity contribution >= 4 is 17.9 Å². The average molecular weight is 353 g/mol. The summed E-state index contributed by atoms with van der Waals surface area (Å²) >= 11 is 0. The molecule has 0 heterocycles. The summed E-state index contributed by atoms with van der Waals surface area (Å²) in [6.45, 7) is 2.33. The molecule has 0 saturated carbocycles. The summed E-state index contributed by atoms with van der Waals surface area (Å²) in [4.78, 5) is 32.0. The quantitative estimate of drug-likeness (QED) is 0.551. The number of hydrogen-bond acceptors (Lipinski definition) is 5. The molecule has 0 amide bonds. The Morgan fingerprint density at radius 2 is 1.72 bits per heavy atom. The minimum Gasteiger partial charge on any atom is -0.550 e. The number of benzene rings is 1. The van der Waals surface area contributed by atoms with E-state index in [0.29, 0.717) is 29.4 Å². The van der Waals surface area contributed by atoms with Crippen molar-refractivity contribution in [1.82, 2.24) is 0 Å². The second-order valence-corrected chi connectivity index (χ2v) is 6.58. The van der Waals surface area contributed by atoms with Crippen molar-refractivity contribution in [2.45, 2.75) is 32.3 Å². The van der Waals surface area contributed by atoms with Crippen LogP contribution in [0.3, 0.4) is 0 Å². The van der Waals surface area contributed by atoms with Crippen LogP contribution in [0.25, 0.3) is 0 Å². The van der Waals surface area contributed by atoms with Gasteiger partial charge in [-0.05, 0) is 18.6 Å². The summed E-state index contributed by atoms with van der Waals surface area (Å²) in [5, 5.41) is 18.9. The second-order valence-electron chi connectivity index (χ2n) is 6.58. The molecule has 0 unspecified atom stereocenters. The van der Waals surface area contributed by atoms with E-state index in [4.69, 9.17) is 9.84 Å². The standard InChI is InChI=1S/C11H21NO4.C7H6O2/c1-5-6-11(15)16-9(7-10(13)14)8-12(2,3)4;8-7(9)6-4-2-1-3-5-6/h9H,5-8H2,1-4H3;1-5H,(H,8,9)/t9-;/m1./s1. The lowest BCUT2D eigenvalue weighted by Crippen LogP contribution is -2.45. The molecule has 7 heteroatoms. The Bertz CT molecular complexity index is 550. The molecule has 0 aromatic heterocycles. The van der Waals surface area contributed by atoms with Crippen molar-refractivity contribution in [3.8, 4) is 0 Å². The SMILES string of the molecule is CCCC(=O)O[C@H](CC(=O)[O-])C[N+](C)(C)C.O=C(O)c1ccccc1. The van der Waals surface area contributed by atoms with Crippen LogP contribution in [0.2, 0.25) is 0 Å². The maximum Gasteiger partial charge on any atom is 0.335 e. The molecule has 0 aliphatic carbocycles. The van der Waals surface area contributed by atoms with Crippen LogP contribution in [0.5, 0.6) is 0 Å². The van der Waals surface area contributed by atoms with Crippen molar-refractivity contribution in [1.29, 1.82) is 0 Å². The van der Waals surface area contributed by atoms with Gasteiger partial charge in [-0.3, -0.25) is 4.79 Å². The Balaban J connectivity index is 0.000000535. The molecule has 0 saturated heterocycles. The Morgan fingerprint density at radius 3 is 2.08 bits per heavy atom. The van der Waals surface area contributed by atoms with Gasteiger partial charge in [0.15, 0.2) is 6.10 Å². The zero-order valence-electron chi connectivity index (χ0n) is 15.2. The maximum absolute atomic E-state index is 11.3. The molecule has 0 spiro atoms. The van der Waals surface area contributed by atoms with E-state index < -0.39 is 18.0 Å². The Hall–Kier alpha value is -2.41. The molecule has 140 valence electrons. The summed E-state index contributed by atoms with van der Waals surface area (Å²) in [5.41, 5.74) is 0.331. The number of carboxylic acid groups (broad SMARTS) is 2. The minimum atomic E-state index is -1.19. The van der Waals surface area contributed by atoms with Gasteiger partial charge in [0.1, 0.15) is 6.54 Å². The van der Waals surface area contributed by atoms with Crippen LogP contribution in [-0.2, 0) is 14.3 Å². The van der Waals surface area contributed by atoms with Gasteiger partial charge in [0.2, 0.25) is 0 Å². The van der Waals surface area contributed by atoms with Crippen LogP contribution in [0.4, 0.5) is 0 Å². The van der Waals surface area contributed by atoms with E-state index >= 15 is 0 Å². The molecule has 0 radical (unpaired) electrons. The highest BCUT2D eigenvalue weighted by molar-refractivity contribution is 5.87. The number of carboxylic acids is 2. The zero-order valence-corrected chi connectivity index (χ0v) is 15.2. The van der Waals surface area contributed by atoms with Gasteiger partial charge >= 0.3 is 11.9 Å². The number of ether oxygens (including phenoxy) is 1. The molecule has 0 bridgehead atoms. The van der Waals surface area contributed by atoms with Gasteiger partial charge in [-0.2, -0.15) is 0 Å². The first-order valence-corrected chi connectivity index (χ1v) is 8.03. The van der Waals surface area contributed by atoms with Crippen LogP contribution in [0.15, 0.2) is 30.3 Å². The zero-order chi connectivity index (χ0) is 19.5. The molecule has 25 heavy (non-hydrogen) atoms. The third-order valence-electron chi connectivity index (χ3n) is 2.92. The molecule has 1 aromatic carbocycles. The number of esters is 1. The largest absolute Gasteiger partial charge is 0.550 e. The Kier molecular flexibility index (Phi) is 10.1. The van der Waals surface area contributed by atoms with Gasteiger partial charge in [0.25, 0.3) is 0 Å². The molecular weight excluding hydrogens is 326 g/mol. The number of aromatic carboxylic acids is 1. The first kappa shape index (κ1) is 22.6. The number of hydrogen-bond donors (Lipinski definition) is 1. The number of aliphatic carboxylic acids is 1. The van der Waals surface area contributed by atoms with Crippen molar-refractivity contribution in [2.75, 3.05) is 27.7 Å². The van der Waals surface area contributed by atoms with Crippen LogP contribution in [-0.4, -0.2) is 61.3 Å². The van der Waals surface area contributed by atoms with Crippen molar-refractivity contribution in [3.63, 3.8) is 0 Å². The van der Waals surface area contributed by atoms with Crippen molar-refractivity contribution in [3.05, 3.63) is 35.9 Å². The third kappa shape index (κ3) is 12.7. The van der Waals surface area contributed by atoms with Crippen molar-refractivity contribution < 1.29 is 33.8 Å². The van der Waals surface area contributed by atoms with E-state index in [1.54, 1.807) is 30.3 Å². The van der Waals surface area contributed by atoms with Gasteiger partial charge in [0.05, 0.1) is 26.7 Å². The van der Waals surface area contributed by atoms with E-state index in [2.05, 4.69) is 0 Å². The van der Waals surface area contributed by atoms with Crippen LogP contribution >= 0.6 is 0 Å². The number of rotatable bonds is 8. The van der Waals surface area contributed by atoms with E-state index in [1.165, 1.54) is 0 Å². The molecule has 0 aliphatic heterocycles. The van der Waals surface area contributed by atoms with E-state index in [0.717, 1.165) is 0 Å². The topological polar surface area (TPSA) is 104 Å². The molecule has 1 N–H and O–H groups in total. The number of quaternary nitrogens is 1. The number of carbonyl (C=O) groups excluding carboxylic acids is 2. The predicted molar refractivity (Wildman–Crippen MR) is 90.7 cm³/mol. The number of nitrogens with zero attached hydrogens (tertiary/aromatic N) is 1. The van der Waals surface area contributed by atoms with Gasteiger partial charge in [-0.15, -0.1) is 0 Å². The number of likely N-dealkylation sites (N-methyl/N-ethyl adjacent to an activating group) is 1. The third-order valence-corrected chi connectivity index (χ3v) is 2.92. The summed E-state index contributed by atoms with van der Waals surface area (Å²) in [7, 11) is 5.74. The second kappa shape index (κ2) is 11.2. The van der Waals surface area contributed by atoms with Crippen LogP contribution < -0.4 is 5.11 Å². The summed E-state index contributed by atoms with van der Waals surface area (Å²) in [6, 6.07) is 8.30. The predicted octanol–water partition coefficient (Wildman–Crippen LogP) is 0.929. The summed E-state index contributed by atoms with van der Waals surface area (Å²) < 4.78 is 5.64.